The maximum absolute atomic E-state index is 12.4. The quantitative estimate of drug-likeness (QED) is 0.150. The topological polar surface area (TPSA) is 136 Å². The second-order valence-corrected chi connectivity index (χ2v) is 11.0. The number of halogens is 1. The van der Waals surface area contributed by atoms with Crippen LogP contribution in [-0.2, 0) is 19.1 Å². The van der Waals surface area contributed by atoms with E-state index in [9.17, 15) is 19.2 Å². The van der Waals surface area contributed by atoms with Crippen molar-refractivity contribution in [1.29, 1.82) is 0 Å². The summed E-state index contributed by atoms with van der Waals surface area (Å²) in [6.07, 6.45) is 1.09. The van der Waals surface area contributed by atoms with E-state index in [1.165, 1.54) is 0 Å². The van der Waals surface area contributed by atoms with E-state index >= 15 is 0 Å². The summed E-state index contributed by atoms with van der Waals surface area (Å²) in [5.41, 5.74) is 1.03. The van der Waals surface area contributed by atoms with Gasteiger partial charge in [0.15, 0.2) is 0 Å². The summed E-state index contributed by atoms with van der Waals surface area (Å²) in [6.45, 7) is 13.0. The molecular formula is C34H49ClN4O8. The second kappa shape index (κ2) is 21.1. The van der Waals surface area contributed by atoms with Crippen LogP contribution in [0.25, 0.3) is 0 Å². The van der Waals surface area contributed by atoms with Gasteiger partial charge in [-0.05, 0) is 100 Å². The Hall–Kier alpha value is -3.87. The fraction of sp³-hybridized carbons (Fsp3) is 0.529. The molecule has 1 aliphatic carbocycles. The highest BCUT2D eigenvalue weighted by Crippen LogP contribution is 2.25. The Morgan fingerprint density at radius 1 is 0.596 bits per heavy atom. The van der Waals surface area contributed by atoms with Gasteiger partial charge < -0.3 is 28.7 Å². The molecule has 0 radical (unpaired) electrons. The van der Waals surface area contributed by atoms with Crippen LogP contribution in [0.5, 0.6) is 11.5 Å². The van der Waals surface area contributed by atoms with Crippen LogP contribution in [0, 0.1) is 0 Å². The average Bonchev–Trinajstić information content (AvgIpc) is 3.05. The van der Waals surface area contributed by atoms with E-state index in [-0.39, 0.29) is 36.6 Å². The minimum atomic E-state index is -0.580. The van der Waals surface area contributed by atoms with Gasteiger partial charge in [-0.3, -0.25) is 20.2 Å². The van der Waals surface area contributed by atoms with Crippen LogP contribution in [0.4, 0.5) is 21.0 Å². The lowest BCUT2D eigenvalue weighted by molar-refractivity contribution is -0.135. The molecule has 0 spiro atoms. The number of hydrogen-bond donors (Lipinski definition) is 2. The number of amides is 2. The van der Waals surface area contributed by atoms with E-state index < -0.39 is 12.2 Å². The molecule has 0 aromatic heterocycles. The number of nitrogens with zero attached hydrogens (tertiary/aromatic N) is 2. The van der Waals surface area contributed by atoms with Gasteiger partial charge in [0, 0.05) is 24.5 Å². The average molecular weight is 677 g/mol. The fourth-order valence-electron chi connectivity index (χ4n) is 5.02. The molecule has 2 N–H and O–H groups in total. The molecule has 2 amide bonds. The lowest BCUT2D eigenvalue weighted by Gasteiger charge is -2.28. The highest BCUT2D eigenvalue weighted by Gasteiger charge is 2.26. The predicted octanol–water partition coefficient (Wildman–Crippen LogP) is 6.49. The first kappa shape index (κ1) is 39.3. The Bertz CT molecular complexity index is 1150. The summed E-state index contributed by atoms with van der Waals surface area (Å²) in [5, 5.41) is 5.38. The van der Waals surface area contributed by atoms with Crippen LogP contribution in [0.1, 0.15) is 66.2 Å². The first-order valence-corrected chi connectivity index (χ1v) is 16.2. The SMILES string of the molecule is CCN(CC)CCC(=O)Oc1ccc(NC(=O)OC2CCC(OC(=O)Nc3ccc(OC(=O)CCN(CC)CC)cc3)CC2)cc1.Cl. The summed E-state index contributed by atoms with van der Waals surface area (Å²) in [6, 6.07) is 13.1. The number of carbonyl (C=O) groups excluding carboxylic acids is 4. The molecule has 12 nitrogen and oxygen atoms in total. The number of hydrogen-bond acceptors (Lipinski definition) is 10. The molecule has 13 heteroatoms. The van der Waals surface area contributed by atoms with Gasteiger partial charge in [0.2, 0.25) is 0 Å². The summed E-state index contributed by atoms with van der Waals surface area (Å²) in [4.78, 5) is 53.4. The number of carbonyl (C=O) groups is 4. The number of esters is 2. The third-order valence-corrected chi connectivity index (χ3v) is 7.89. The van der Waals surface area contributed by atoms with Gasteiger partial charge in [-0.15, -0.1) is 12.4 Å². The number of anilines is 2. The van der Waals surface area contributed by atoms with Crippen LogP contribution in [0.2, 0.25) is 0 Å². The van der Waals surface area contributed by atoms with Crippen LogP contribution >= 0.6 is 12.4 Å². The Balaban J connectivity index is 0.00000768. The number of nitrogens with one attached hydrogen (secondary N) is 2. The molecule has 0 atom stereocenters. The van der Waals surface area contributed by atoms with Crippen molar-refractivity contribution in [3.05, 3.63) is 48.5 Å². The molecule has 1 fully saturated rings. The molecule has 1 aliphatic rings. The van der Waals surface area contributed by atoms with Crippen LogP contribution in [0.15, 0.2) is 48.5 Å². The normalized spacial score (nSPS) is 15.7. The van der Waals surface area contributed by atoms with E-state index in [0.29, 0.717) is 74.5 Å². The highest BCUT2D eigenvalue weighted by molar-refractivity contribution is 5.86. The largest absolute Gasteiger partial charge is 0.446 e. The van der Waals surface area contributed by atoms with Gasteiger partial charge in [-0.2, -0.15) is 0 Å². The smallest absolute Gasteiger partial charge is 0.411 e. The van der Waals surface area contributed by atoms with Crippen molar-refractivity contribution in [3.8, 4) is 11.5 Å². The van der Waals surface area contributed by atoms with Gasteiger partial charge in [-0.25, -0.2) is 9.59 Å². The van der Waals surface area contributed by atoms with Crippen molar-refractivity contribution in [2.75, 3.05) is 49.9 Å². The molecule has 3 rings (SSSR count). The Labute approximate surface area is 283 Å². The maximum atomic E-state index is 12.4. The molecule has 2 aromatic carbocycles. The van der Waals surface area contributed by atoms with Crippen molar-refractivity contribution >= 4 is 47.9 Å². The third kappa shape index (κ3) is 14.6. The van der Waals surface area contributed by atoms with E-state index in [2.05, 4.69) is 20.4 Å². The van der Waals surface area contributed by atoms with Crippen LogP contribution in [0.3, 0.4) is 0 Å². The van der Waals surface area contributed by atoms with Gasteiger partial charge in [0.25, 0.3) is 0 Å². The molecule has 0 heterocycles. The van der Waals surface area contributed by atoms with Crippen LogP contribution in [-0.4, -0.2) is 85.4 Å². The van der Waals surface area contributed by atoms with Crippen molar-refractivity contribution in [2.45, 2.75) is 78.4 Å². The summed E-state index contributed by atoms with van der Waals surface area (Å²) < 4.78 is 21.9. The maximum Gasteiger partial charge on any atom is 0.411 e. The van der Waals surface area contributed by atoms with Crippen molar-refractivity contribution < 1.29 is 38.1 Å². The first-order valence-electron chi connectivity index (χ1n) is 16.2. The third-order valence-electron chi connectivity index (χ3n) is 7.89. The lowest BCUT2D eigenvalue weighted by Crippen LogP contribution is -2.32. The molecule has 0 aliphatic heterocycles. The summed E-state index contributed by atoms with van der Waals surface area (Å²) >= 11 is 0. The molecule has 0 unspecified atom stereocenters. The Kier molecular flexibility index (Phi) is 17.6. The van der Waals surface area contributed by atoms with E-state index in [1.807, 2.05) is 27.7 Å². The van der Waals surface area contributed by atoms with E-state index in [4.69, 9.17) is 18.9 Å². The molecule has 260 valence electrons. The van der Waals surface area contributed by atoms with Gasteiger partial charge in [-0.1, -0.05) is 27.7 Å². The zero-order valence-corrected chi connectivity index (χ0v) is 28.6. The monoisotopic (exact) mass is 676 g/mol. The minimum absolute atomic E-state index is 0. The molecule has 47 heavy (non-hydrogen) atoms. The highest BCUT2D eigenvalue weighted by atomic mass is 35.5. The van der Waals surface area contributed by atoms with Gasteiger partial charge in [0.1, 0.15) is 23.7 Å². The summed E-state index contributed by atoms with van der Waals surface area (Å²) in [5.74, 6) is 0.203. The molecular weight excluding hydrogens is 628 g/mol. The van der Waals surface area contributed by atoms with Crippen LogP contribution < -0.4 is 20.1 Å². The number of benzene rings is 2. The number of rotatable bonds is 16. The second-order valence-electron chi connectivity index (χ2n) is 11.0. The Morgan fingerprint density at radius 2 is 0.915 bits per heavy atom. The zero-order chi connectivity index (χ0) is 33.3. The van der Waals surface area contributed by atoms with Crippen molar-refractivity contribution in [1.82, 2.24) is 9.80 Å². The molecule has 1 saturated carbocycles. The molecule has 0 bridgehead atoms. The van der Waals surface area contributed by atoms with Crippen molar-refractivity contribution in [3.63, 3.8) is 0 Å². The Morgan fingerprint density at radius 3 is 1.21 bits per heavy atom. The first-order chi connectivity index (χ1) is 22.2. The van der Waals surface area contributed by atoms with E-state index in [1.54, 1.807) is 48.5 Å². The predicted molar refractivity (Wildman–Crippen MR) is 182 cm³/mol. The van der Waals surface area contributed by atoms with Crippen molar-refractivity contribution in [2.24, 2.45) is 0 Å². The van der Waals surface area contributed by atoms with Gasteiger partial charge in [0.05, 0.1) is 12.8 Å². The standard InChI is InChI=1S/C34H48N4O8.ClH/c1-5-37(6-2)23-21-31(39)43-27-13-9-25(10-14-27)35-33(41)45-29-17-19-30(20-18-29)46-34(42)36-26-11-15-28(16-12-26)44-32(40)22-24-38(7-3)8-4;/h9-16,29-30H,5-8,17-24H2,1-4H3,(H,35,41)(H,36,42);1H. The lowest BCUT2D eigenvalue weighted by atomic mass is 9.95. The van der Waals surface area contributed by atoms with Gasteiger partial charge >= 0.3 is 24.1 Å². The zero-order valence-electron chi connectivity index (χ0n) is 27.8. The number of ether oxygens (including phenoxy) is 4. The van der Waals surface area contributed by atoms with E-state index in [0.717, 1.165) is 26.2 Å². The minimum Gasteiger partial charge on any atom is -0.446 e. The molecule has 0 saturated heterocycles. The molecule has 2 aromatic rings. The summed E-state index contributed by atoms with van der Waals surface area (Å²) in [7, 11) is 0. The fourth-order valence-corrected chi connectivity index (χ4v) is 5.02.